The molecule has 2 aliphatic rings. The van der Waals surface area contributed by atoms with E-state index in [-0.39, 0.29) is 17.3 Å². The molecule has 3 aromatic rings. The molecule has 0 unspecified atom stereocenters. The van der Waals surface area contributed by atoms with Crippen LogP contribution in [0.2, 0.25) is 0 Å². The molecule has 0 saturated heterocycles. The van der Waals surface area contributed by atoms with Crippen LogP contribution in [0.3, 0.4) is 0 Å². The molecule has 5 rings (SSSR count). The Morgan fingerprint density at radius 2 is 1.42 bits per heavy atom. The number of fused-ring (bicyclic) bond motifs is 2. The number of carboxylic acids is 1. The summed E-state index contributed by atoms with van der Waals surface area (Å²) in [7, 11) is 7.92. The van der Waals surface area contributed by atoms with Crippen molar-refractivity contribution in [3.05, 3.63) is 82.4 Å². The van der Waals surface area contributed by atoms with Gasteiger partial charge >= 0.3 is 5.97 Å². The molecule has 3 aromatic carbocycles. The lowest BCUT2D eigenvalue weighted by atomic mass is 9.65. The molecule has 0 aromatic heterocycles. The molecule has 1 aliphatic heterocycles. The van der Waals surface area contributed by atoms with Crippen molar-refractivity contribution in [1.29, 1.82) is 0 Å². The Balaban J connectivity index is 1.83. The van der Waals surface area contributed by atoms with E-state index in [1.54, 1.807) is 12.1 Å². The summed E-state index contributed by atoms with van der Waals surface area (Å²) in [6.45, 7) is 2.08. The van der Waals surface area contributed by atoms with E-state index < -0.39 is 11.4 Å². The summed E-state index contributed by atoms with van der Waals surface area (Å²) in [5, 5.41) is 10.1. The molecule has 186 valence electrons. The van der Waals surface area contributed by atoms with Crippen LogP contribution in [0.25, 0.3) is 0 Å². The Morgan fingerprint density at radius 1 is 0.861 bits per heavy atom. The van der Waals surface area contributed by atoms with Gasteiger partial charge in [-0.1, -0.05) is 30.7 Å². The maximum Gasteiger partial charge on any atom is 0.336 e. The SMILES string of the molecule is CN(C)c1ccc2c(c1)Oc1cc(N(C)C)ccc1C2(C)c1cccc(C(=O)O)c1C(=O)C1CCC1. The normalized spacial score (nSPS) is 15.7. The van der Waals surface area contributed by atoms with Gasteiger partial charge in [0.1, 0.15) is 11.5 Å². The van der Waals surface area contributed by atoms with Gasteiger partial charge < -0.3 is 19.6 Å². The Hall–Kier alpha value is -3.80. The zero-order valence-corrected chi connectivity index (χ0v) is 21.5. The van der Waals surface area contributed by atoms with Crippen molar-refractivity contribution in [2.75, 3.05) is 38.0 Å². The standard InChI is InChI=1S/C30H32N2O4/c1-30(24-11-7-10-21(29(34)35)27(24)28(33)18-8-6-9-18)22-14-12-19(31(2)3)16-25(22)36-26-17-20(32(4)5)13-15-23(26)30/h7,10-18H,6,8-9H2,1-5H3,(H,34,35). The Kier molecular flexibility index (Phi) is 5.78. The highest BCUT2D eigenvalue weighted by atomic mass is 16.5. The molecule has 0 atom stereocenters. The van der Waals surface area contributed by atoms with Crippen LogP contribution in [0.4, 0.5) is 11.4 Å². The summed E-state index contributed by atoms with van der Waals surface area (Å²) in [6.07, 6.45) is 2.60. The number of anilines is 2. The van der Waals surface area contributed by atoms with Gasteiger partial charge in [-0.05, 0) is 43.5 Å². The fraction of sp³-hybridized carbons (Fsp3) is 0.333. The Morgan fingerprint density at radius 3 is 1.86 bits per heavy atom. The van der Waals surface area contributed by atoms with Gasteiger partial charge in [0.15, 0.2) is 5.78 Å². The van der Waals surface area contributed by atoms with Gasteiger partial charge in [0.25, 0.3) is 0 Å². The van der Waals surface area contributed by atoms with Gasteiger partial charge in [-0.2, -0.15) is 0 Å². The molecule has 6 heteroatoms. The summed E-state index contributed by atoms with van der Waals surface area (Å²) in [5.74, 6) is 0.130. The topological polar surface area (TPSA) is 70.1 Å². The number of ketones is 1. The van der Waals surface area contributed by atoms with E-state index in [2.05, 4.69) is 6.92 Å². The fourth-order valence-corrected chi connectivity index (χ4v) is 5.41. The zero-order chi connectivity index (χ0) is 25.8. The van der Waals surface area contributed by atoms with Crippen molar-refractivity contribution in [3.8, 4) is 11.5 Å². The molecular weight excluding hydrogens is 452 g/mol. The Labute approximate surface area is 212 Å². The first-order valence-corrected chi connectivity index (χ1v) is 12.4. The lowest BCUT2D eigenvalue weighted by Gasteiger charge is -2.40. The van der Waals surface area contributed by atoms with Crippen LogP contribution >= 0.6 is 0 Å². The molecule has 1 aliphatic carbocycles. The third-order valence-corrected chi connectivity index (χ3v) is 7.82. The highest BCUT2D eigenvalue weighted by Gasteiger charge is 2.44. The van der Waals surface area contributed by atoms with E-state index in [0.717, 1.165) is 41.8 Å². The molecule has 1 N–H and O–H groups in total. The van der Waals surface area contributed by atoms with Gasteiger partial charge in [-0.25, -0.2) is 4.79 Å². The maximum absolute atomic E-state index is 13.8. The van der Waals surface area contributed by atoms with Gasteiger partial charge in [-0.15, -0.1) is 0 Å². The smallest absolute Gasteiger partial charge is 0.336 e. The highest BCUT2D eigenvalue weighted by molar-refractivity contribution is 6.08. The van der Waals surface area contributed by atoms with Gasteiger partial charge in [0, 0.05) is 74.3 Å². The van der Waals surface area contributed by atoms with E-state index in [1.165, 1.54) is 0 Å². The van der Waals surface area contributed by atoms with Gasteiger partial charge in [0.2, 0.25) is 0 Å². The number of hydrogen-bond acceptors (Lipinski definition) is 5. The largest absolute Gasteiger partial charge is 0.478 e. The number of ether oxygens (including phenoxy) is 1. The second-order valence-electron chi connectivity index (χ2n) is 10.4. The van der Waals surface area contributed by atoms with Crippen molar-refractivity contribution in [2.24, 2.45) is 5.92 Å². The quantitative estimate of drug-likeness (QED) is 0.436. The fourth-order valence-electron chi connectivity index (χ4n) is 5.41. The first kappa shape index (κ1) is 23.9. The van der Waals surface area contributed by atoms with Crippen molar-refractivity contribution in [2.45, 2.75) is 31.6 Å². The maximum atomic E-state index is 13.8. The van der Waals surface area contributed by atoms with Crippen molar-refractivity contribution in [3.63, 3.8) is 0 Å². The van der Waals surface area contributed by atoms with Gasteiger partial charge in [-0.3, -0.25) is 4.79 Å². The van der Waals surface area contributed by atoms with E-state index >= 15 is 0 Å². The molecule has 0 spiro atoms. The van der Waals surface area contributed by atoms with Crippen molar-refractivity contribution >= 4 is 23.1 Å². The summed E-state index contributed by atoms with van der Waals surface area (Å²) >= 11 is 0. The molecule has 0 amide bonds. The molecule has 6 nitrogen and oxygen atoms in total. The van der Waals surface area contributed by atoms with E-state index in [0.29, 0.717) is 22.6 Å². The summed E-state index contributed by atoms with van der Waals surface area (Å²) in [5.41, 5.74) is 4.10. The predicted molar refractivity (Wildman–Crippen MR) is 142 cm³/mol. The summed E-state index contributed by atoms with van der Waals surface area (Å²) in [6, 6.07) is 17.4. The van der Waals surface area contributed by atoms with E-state index in [1.807, 2.05) is 80.5 Å². The van der Waals surface area contributed by atoms with Crippen molar-refractivity contribution in [1.82, 2.24) is 0 Å². The average molecular weight is 485 g/mol. The number of nitrogens with zero attached hydrogens (tertiary/aromatic N) is 2. The first-order chi connectivity index (χ1) is 17.1. The lowest BCUT2D eigenvalue weighted by molar-refractivity contribution is 0.0687. The number of carbonyl (C=O) groups is 2. The lowest BCUT2D eigenvalue weighted by Crippen LogP contribution is -2.34. The minimum Gasteiger partial charge on any atom is -0.478 e. The Bertz CT molecular complexity index is 1310. The third kappa shape index (κ3) is 3.63. The molecule has 1 heterocycles. The monoisotopic (exact) mass is 484 g/mol. The highest BCUT2D eigenvalue weighted by Crippen LogP contribution is 2.54. The molecule has 0 bridgehead atoms. The van der Waals surface area contributed by atoms with Crippen molar-refractivity contribution < 1.29 is 19.4 Å². The van der Waals surface area contributed by atoms with Crippen LogP contribution in [0.5, 0.6) is 11.5 Å². The molecule has 1 saturated carbocycles. The number of aromatic carboxylic acids is 1. The van der Waals surface area contributed by atoms with Crippen LogP contribution in [0, 0.1) is 5.92 Å². The third-order valence-electron chi connectivity index (χ3n) is 7.82. The molecule has 1 fully saturated rings. The van der Waals surface area contributed by atoms with Gasteiger partial charge in [0.05, 0.1) is 11.0 Å². The van der Waals surface area contributed by atoms with Crippen LogP contribution in [-0.4, -0.2) is 45.0 Å². The number of Topliss-reactive ketones (excluding diaryl/α,β-unsaturated/α-hetero) is 1. The zero-order valence-electron chi connectivity index (χ0n) is 21.5. The average Bonchev–Trinajstić information content (AvgIpc) is 2.81. The van der Waals surface area contributed by atoms with E-state index in [9.17, 15) is 14.7 Å². The number of benzene rings is 3. The number of carboxylic acid groups (broad SMARTS) is 1. The van der Waals surface area contributed by atoms with E-state index in [4.69, 9.17) is 4.74 Å². The second-order valence-corrected chi connectivity index (χ2v) is 10.4. The minimum absolute atomic E-state index is 0.0649. The summed E-state index contributed by atoms with van der Waals surface area (Å²) < 4.78 is 6.48. The van der Waals surface area contributed by atoms with Crippen LogP contribution < -0.4 is 14.5 Å². The second kappa shape index (κ2) is 8.70. The molecule has 36 heavy (non-hydrogen) atoms. The molecular formula is C30H32N2O4. The number of hydrogen-bond donors (Lipinski definition) is 1. The predicted octanol–water partition coefficient (Wildman–Crippen LogP) is 5.96. The molecule has 0 radical (unpaired) electrons. The summed E-state index contributed by atoms with van der Waals surface area (Å²) in [4.78, 5) is 30.1. The first-order valence-electron chi connectivity index (χ1n) is 12.4. The minimum atomic E-state index is -1.08. The van der Waals surface area contributed by atoms with Crippen LogP contribution in [0.15, 0.2) is 54.6 Å². The van der Waals surface area contributed by atoms with Crippen LogP contribution in [0.1, 0.15) is 63.6 Å². The number of rotatable bonds is 6. The van der Waals surface area contributed by atoms with Crippen LogP contribution in [-0.2, 0) is 5.41 Å². The number of carbonyl (C=O) groups excluding carboxylic acids is 1.